The molecule has 174 valence electrons. The van der Waals surface area contributed by atoms with Gasteiger partial charge in [-0.2, -0.15) is 13.2 Å². The summed E-state index contributed by atoms with van der Waals surface area (Å²) in [6.07, 6.45) is -2.39. The van der Waals surface area contributed by atoms with Crippen LogP contribution in [0.2, 0.25) is 0 Å². The van der Waals surface area contributed by atoms with Crippen LogP contribution in [0.5, 0.6) is 0 Å². The third-order valence-corrected chi connectivity index (χ3v) is 5.52. The van der Waals surface area contributed by atoms with E-state index in [9.17, 15) is 22.8 Å². The van der Waals surface area contributed by atoms with Gasteiger partial charge in [0.2, 0.25) is 0 Å². The Kier molecular flexibility index (Phi) is 6.32. The zero-order valence-corrected chi connectivity index (χ0v) is 17.8. The summed E-state index contributed by atoms with van der Waals surface area (Å²) >= 11 is 0. The lowest BCUT2D eigenvalue weighted by molar-refractivity contribution is -0.128. The number of aromatic amines is 1. The van der Waals surface area contributed by atoms with Crippen molar-refractivity contribution in [2.45, 2.75) is 44.1 Å². The molecule has 1 aromatic carbocycles. The molecule has 8 nitrogen and oxygen atoms in total. The molecule has 4 N–H and O–H groups in total. The Balaban J connectivity index is 1.28. The minimum Gasteiger partial charge on any atom is -0.381 e. The monoisotopic (exact) mass is 460 g/mol. The van der Waals surface area contributed by atoms with Crippen LogP contribution in [0.1, 0.15) is 34.6 Å². The Morgan fingerprint density at radius 1 is 1.18 bits per heavy atom. The highest BCUT2D eigenvalue weighted by atomic mass is 19.4. The van der Waals surface area contributed by atoms with Gasteiger partial charge in [-0.15, -0.1) is 0 Å². The number of nitrogens with one attached hydrogen (secondary N) is 4. The summed E-state index contributed by atoms with van der Waals surface area (Å²) in [6, 6.07) is 9.21. The highest BCUT2D eigenvalue weighted by Crippen LogP contribution is 2.25. The number of fused-ring (bicyclic) bond motifs is 1. The molecule has 2 heterocycles. The van der Waals surface area contributed by atoms with Crippen molar-refractivity contribution >= 4 is 22.6 Å². The molecule has 0 atom stereocenters. The molecule has 3 aromatic rings. The number of halogens is 3. The Morgan fingerprint density at radius 2 is 1.97 bits per heavy atom. The topological polar surface area (TPSA) is 112 Å². The first-order valence-electron chi connectivity index (χ1n) is 10.5. The maximum Gasteiger partial charge on any atom is 0.394 e. The first-order chi connectivity index (χ1) is 15.7. The lowest BCUT2D eigenvalue weighted by Gasteiger charge is -2.37. The van der Waals surface area contributed by atoms with Crippen LogP contribution < -0.4 is 21.5 Å². The summed E-state index contributed by atoms with van der Waals surface area (Å²) in [5, 5.41) is 9.34. The first kappa shape index (κ1) is 22.7. The molecule has 2 aromatic heterocycles. The van der Waals surface area contributed by atoms with Gasteiger partial charge in [0.1, 0.15) is 11.4 Å². The standard InChI is InChI=1S/C22H23F3N6O2/c1-26-20(32)17-5-3-13(11-28-17)29-15-7-14(8-15)27-10-12-2-4-16-18(6-12)31-21(33)19(30-16)9-22(23,24)25/h2-6,11,14-15,27,29H,7-10H2,1H3,(H,26,32)(H,31,33). The molecule has 0 radical (unpaired) electrons. The maximum atomic E-state index is 12.6. The van der Waals surface area contributed by atoms with Gasteiger partial charge in [0, 0.05) is 25.7 Å². The number of pyridine rings is 1. The number of alkyl halides is 3. The molecule has 1 saturated carbocycles. The predicted octanol–water partition coefficient (Wildman–Crippen LogP) is 2.52. The molecule has 33 heavy (non-hydrogen) atoms. The SMILES string of the molecule is CNC(=O)c1ccc(NC2CC(NCc3ccc4nc(CC(F)(F)F)c(=O)[nH]c4c3)C2)cn1. The Labute approximate surface area is 187 Å². The molecule has 1 fully saturated rings. The summed E-state index contributed by atoms with van der Waals surface area (Å²) in [6.45, 7) is 0.558. The van der Waals surface area contributed by atoms with E-state index < -0.39 is 23.9 Å². The molecule has 0 bridgehead atoms. The quantitative estimate of drug-likeness (QED) is 0.431. The van der Waals surface area contributed by atoms with E-state index in [4.69, 9.17) is 0 Å². The number of H-pyrrole nitrogens is 1. The minimum atomic E-state index is -4.49. The van der Waals surface area contributed by atoms with Crippen molar-refractivity contribution in [1.29, 1.82) is 0 Å². The number of anilines is 1. The summed E-state index contributed by atoms with van der Waals surface area (Å²) in [5.74, 6) is -0.232. The van der Waals surface area contributed by atoms with E-state index in [1.807, 2.05) is 6.07 Å². The van der Waals surface area contributed by atoms with Crippen molar-refractivity contribution in [2.24, 2.45) is 0 Å². The number of carbonyl (C=O) groups is 1. The number of rotatable bonds is 7. The zero-order valence-electron chi connectivity index (χ0n) is 17.8. The van der Waals surface area contributed by atoms with Crippen LogP contribution in [0.15, 0.2) is 41.3 Å². The lowest BCUT2D eigenvalue weighted by Crippen LogP contribution is -2.47. The van der Waals surface area contributed by atoms with E-state index in [2.05, 4.69) is 30.9 Å². The zero-order chi connectivity index (χ0) is 23.6. The van der Waals surface area contributed by atoms with Gasteiger partial charge >= 0.3 is 6.18 Å². The van der Waals surface area contributed by atoms with Gasteiger partial charge < -0.3 is 20.9 Å². The van der Waals surface area contributed by atoms with Crippen molar-refractivity contribution in [3.8, 4) is 0 Å². The molecular formula is C22H23F3N6O2. The maximum absolute atomic E-state index is 12.6. The third kappa shape index (κ3) is 5.67. The molecule has 1 amide bonds. The molecule has 0 spiro atoms. The molecular weight excluding hydrogens is 437 g/mol. The molecule has 0 unspecified atom stereocenters. The molecule has 1 aliphatic carbocycles. The van der Waals surface area contributed by atoms with Crippen LogP contribution in [0.4, 0.5) is 18.9 Å². The number of amides is 1. The van der Waals surface area contributed by atoms with E-state index >= 15 is 0 Å². The van der Waals surface area contributed by atoms with E-state index in [-0.39, 0.29) is 5.91 Å². The number of nitrogens with zero attached hydrogens (tertiary/aromatic N) is 2. The molecule has 0 aliphatic heterocycles. The van der Waals surface area contributed by atoms with E-state index in [1.165, 1.54) is 0 Å². The predicted molar refractivity (Wildman–Crippen MR) is 117 cm³/mol. The largest absolute Gasteiger partial charge is 0.394 e. The highest BCUT2D eigenvalue weighted by Gasteiger charge is 2.30. The number of aromatic nitrogens is 3. The van der Waals surface area contributed by atoms with Crippen LogP contribution in [0.25, 0.3) is 11.0 Å². The number of carbonyl (C=O) groups excluding carboxylic acids is 1. The Bertz CT molecular complexity index is 1200. The smallest absolute Gasteiger partial charge is 0.381 e. The van der Waals surface area contributed by atoms with Gasteiger partial charge in [-0.1, -0.05) is 6.07 Å². The Morgan fingerprint density at radius 3 is 2.64 bits per heavy atom. The lowest BCUT2D eigenvalue weighted by atomic mass is 9.86. The second-order valence-electron chi connectivity index (χ2n) is 8.06. The second kappa shape index (κ2) is 9.18. The molecule has 4 rings (SSSR count). The van der Waals surface area contributed by atoms with Gasteiger partial charge in [0.15, 0.2) is 0 Å². The van der Waals surface area contributed by atoms with E-state index in [0.29, 0.717) is 35.4 Å². The number of hydrogen-bond donors (Lipinski definition) is 4. The summed E-state index contributed by atoms with van der Waals surface area (Å²) in [4.78, 5) is 34.0. The van der Waals surface area contributed by atoms with Gasteiger partial charge in [-0.25, -0.2) is 9.97 Å². The van der Waals surface area contributed by atoms with Crippen LogP contribution in [0.3, 0.4) is 0 Å². The van der Waals surface area contributed by atoms with Crippen LogP contribution in [-0.2, 0) is 13.0 Å². The van der Waals surface area contributed by atoms with Crippen molar-refractivity contribution < 1.29 is 18.0 Å². The summed E-state index contributed by atoms with van der Waals surface area (Å²) in [7, 11) is 1.56. The number of benzene rings is 1. The van der Waals surface area contributed by atoms with Crippen molar-refractivity contribution in [3.63, 3.8) is 0 Å². The number of hydrogen-bond acceptors (Lipinski definition) is 6. The van der Waals surface area contributed by atoms with Gasteiger partial charge in [-0.05, 0) is 42.7 Å². The van der Waals surface area contributed by atoms with Gasteiger partial charge in [0.25, 0.3) is 11.5 Å². The minimum absolute atomic E-state index is 0.232. The molecule has 11 heteroatoms. The fourth-order valence-corrected chi connectivity index (χ4v) is 3.73. The highest BCUT2D eigenvalue weighted by molar-refractivity contribution is 5.92. The van der Waals surface area contributed by atoms with Crippen LogP contribution in [-0.4, -0.2) is 46.2 Å². The average Bonchev–Trinajstić information content (AvgIpc) is 2.74. The van der Waals surface area contributed by atoms with Crippen LogP contribution in [0, 0.1) is 0 Å². The fourth-order valence-electron chi connectivity index (χ4n) is 3.73. The van der Waals surface area contributed by atoms with Crippen molar-refractivity contribution in [1.82, 2.24) is 25.6 Å². The average molecular weight is 460 g/mol. The Hall–Kier alpha value is -3.47. The van der Waals surface area contributed by atoms with Crippen LogP contribution >= 0.6 is 0 Å². The van der Waals surface area contributed by atoms with Gasteiger partial charge in [0.05, 0.1) is 29.3 Å². The summed E-state index contributed by atoms with van der Waals surface area (Å²) in [5.41, 5.74) is 1.48. The van der Waals surface area contributed by atoms with E-state index in [1.54, 1.807) is 37.5 Å². The summed E-state index contributed by atoms with van der Waals surface area (Å²) < 4.78 is 37.8. The van der Waals surface area contributed by atoms with Crippen molar-refractivity contribution in [3.05, 3.63) is 63.8 Å². The molecule has 0 saturated heterocycles. The van der Waals surface area contributed by atoms with Crippen molar-refractivity contribution in [2.75, 3.05) is 12.4 Å². The fraction of sp³-hybridized carbons (Fsp3) is 0.364. The molecule has 1 aliphatic rings. The normalized spacial score (nSPS) is 18.1. The second-order valence-corrected chi connectivity index (χ2v) is 8.06. The van der Waals surface area contributed by atoms with Gasteiger partial charge in [-0.3, -0.25) is 9.59 Å². The van der Waals surface area contributed by atoms with E-state index in [0.717, 1.165) is 24.1 Å². The first-order valence-corrected chi connectivity index (χ1v) is 10.5. The third-order valence-electron chi connectivity index (χ3n) is 5.52.